The molecule has 0 saturated carbocycles. The summed E-state index contributed by atoms with van der Waals surface area (Å²) in [5.74, 6) is -0.0532. The first-order chi connectivity index (χ1) is 9.54. The maximum Gasteiger partial charge on any atom is 0.251 e. The Kier molecular flexibility index (Phi) is 7.09. The first-order valence-corrected chi connectivity index (χ1v) is 7.29. The molecule has 0 bridgehead atoms. The second-order valence-corrected chi connectivity index (χ2v) is 5.13. The van der Waals surface area contributed by atoms with Crippen molar-refractivity contribution in [3.63, 3.8) is 0 Å². The zero-order valence-electron chi connectivity index (χ0n) is 13.0. The number of hydrogen-bond donors (Lipinski definition) is 2. The Hall–Kier alpha value is -1.55. The largest absolute Gasteiger partial charge is 0.385 e. The van der Waals surface area contributed by atoms with E-state index in [9.17, 15) is 4.79 Å². The molecule has 1 amide bonds. The van der Waals surface area contributed by atoms with E-state index in [2.05, 4.69) is 17.6 Å². The van der Waals surface area contributed by atoms with Crippen molar-refractivity contribution in [3.8, 4) is 0 Å². The van der Waals surface area contributed by atoms with Gasteiger partial charge in [0.1, 0.15) is 0 Å². The number of ether oxygens (including phenoxy) is 1. The molecule has 1 aromatic carbocycles. The third-order valence-electron chi connectivity index (χ3n) is 2.89. The summed E-state index contributed by atoms with van der Waals surface area (Å²) in [6.45, 7) is 10.1. The molecule has 4 heteroatoms. The molecule has 0 saturated heterocycles. The van der Waals surface area contributed by atoms with Gasteiger partial charge in [0, 0.05) is 24.3 Å². The van der Waals surface area contributed by atoms with E-state index in [1.54, 1.807) is 0 Å². The third kappa shape index (κ3) is 5.61. The highest BCUT2D eigenvalue weighted by Crippen LogP contribution is 2.16. The molecule has 0 unspecified atom stereocenters. The number of benzene rings is 1. The van der Waals surface area contributed by atoms with Gasteiger partial charge in [-0.05, 0) is 51.0 Å². The Balaban J connectivity index is 2.50. The summed E-state index contributed by atoms with van der Waals surface area (Å²) in [7, 11) is 0. The Morgan fingerprint density at radius 1 is 1.30 bits per heavy atom. The predicted octanol–water partition coefficient (Wildman–Crippen LogP) is 2.97. The van der Waals surface area contributed by atoms with E-state index in [1.165, 1.54) is 0 Å². The average molecular weight is 278 g/mol. The molecule has 0 atom stereocenters. The molecule has 0 spiro atoms. The standard InChI is InChI=1S/C16H26N2O2/c1-5-8-17-15-7-6-14(11-13(15)4)16(19)18-9-10-20-12(2)3/h6-7,11-12,17H,5,8-10H2,1-4H3,(H,18,19). The molecule has 0 aliphatic rings. The van der Waals surface area contributed by atoms with Crippen molar-refractivity contribution in [2.75, 3.05) is 25.0 Å². The molecule has 112 valence electrons. The van der Waals surface area contributed by atoms with Crippen LogP contribution in [0.15, 0.2) is 18.2 Å². The first-order valence-electron chi connectivity index (χ1n) is 7.29. The van der Waals surface area contributed by atoms with Gasteiger partial charge < -0.3 is 15.4 Å². The van der Waals surface area contributed by atoms with E-state index < -0.39 is 0 Å². The number of rotatable bonds is 8. The summed E-state index contributed by atoms with van der Waals surface area (Å²) in [4.78, 5) is 12.0. The summed E-state index contributed by atoms with van der Waals surface area (Å²) >= 11 is 0. The van der Waals surface area contributed by atoms with Crippen molar-refractivity contribution in [2.24, 2.45) is 0 Å². The van der Waals surface area contributed by atoms with Crippen molar-refractivity contribution in [1.82, 2.24) is 5.32 Å². The fraction of sp³-hybridized carbons (Fsp3) is 0.562. The predicted molar refractivity (Wildman–Crippen MR) is 83.4 cm³/mol. The molecule has 0 aromatic heterocycles. The molecule has 1 aromatic rings. The molecule has 0 fully saturated rings. The van der Waals surface area contributed by atoms with Crippen molar-refractivity contribution < 1.29 is 9.53 Å². The lowest BCUT2D eigenvalue weighted by Gasteiger charge is -2.11. The van der Waals surface area contributed by atoms with Crippen LogP contribution in [0.5, 0.6) is 0 Å². The molecular formula is C16H26N2O2. The molecule has 4 nitrogen and oxygen atoms in total. The van der Waals surface area contributed by atoms with Crippen LogP contribution in [0.1, 0.15) is 43.1 Å². The topological polar surface area (TPSA) is 50.4 Å². The summed E-state index contributed by atoms with van der Waals surface area (Å²) in [5.41, 5.74) is 2.87. The van der Waals surface area contributed by atoms with Crippen LogP contribution < -0.4 is 10.6 Å². The molecule has 1 rings (SSSR count). The normalized spacial score (nSPS) is 10.7. The number of aryl methyl sites for hydroxylation is 1. The smallest absolute Gasteiger partial charge is 0.251 e. The Bertz CT molecular complexity index is 430. The van der Waals surface area contributed by atoms with Crippen LogP contribution in [0.25, 0.3) is 0 Å². The quantitative estimate of drug-likeness (QED) is 0.719. The van der Waals surface area contributed by atoms with Gasteiger partial charge in [-0.2, -0.15) is 0 Å². The van der Waals surface area contributed by atoms with Crippen molar-refractivity contribution in [1.29, 1.82) is 0 Å². The van der Waals surface area contributed by atoms with E-state index in [4.69, 9.17) is 4.74 Å². The molecule has 0 aliphatic heterocycles. The van der Waals surface area contributed by atoms with Gasteiger partial charge in [0.15, 0.2) is 0 Å². The third-order valence-corrected chi connectivity index (χ3v) is 2.89. The summed E-state index contributed by atoms with van der Waals surface area (Å²) < 4.78 is 5.39. The number of anilines is 1. The van der Waals surface area contributed by atoms with Crippen LogP contribution in [0, 0.1) is 6.92 Å². The lowest BCUT2D eigenvalue weighted by Crippen LogP contribution is -2.28. The Morgan fingerprint density at radius 3 is 2.65 bits per heavy atom. The van der Waals surface area contributed by atoms with Crippen molar-refractivity contribution in [2.45, 2.75) is 40.2 Å². The van der Waals surface area contributed by atoms with Crippen LogP contribution in [0.3, 0.4) is 0 Å². The number of carbonyl (C=O) groups excluding carboxylic acids is 1. The van der Waals surface area contributed by atoms with Gasteiger partial charge in [0.05, 0.1) is 12.7 Å². The Labute approximate surface area is 121 Å². The van der Waals surface area contributed by atoms with Gasteiger partial charge in [-0.15, -0.1) is 0 Å². The van der Waals surface area contributed by atoms with Gasteiger partial charge in [0.2, 0.25) is 0 Å². The molecule has 0 heterocycles. The van der Waals surface area contributed by atoms with Crippen LogP contribution in [-0.4, -0.2) is 31.7 Å². The van der Waals surface area contributed by atoms with E-state index in [1.807, 2.05) is 39.0 Å². The van der Waals surface area contributed by atoms with Gasteiger partial charge in [0.25, 0.3) is 5.91 Å². The van der Waals surface area contributed by atoms with Crippen LogP contribution in [0.4, 0.5) is 5.69 Å². The maximum absolute atomic E-state index is 12.0. The van der Waals surface area contributed by atoms with Crippen molar-refractivity contribution in [3.05, 3.63) is 29.3 Å². The van der Waals surface area contributed by atoms with E-state index >= 15 is 0 Å². The average Bonchev–Trinajstić information content (AvgIpc) is 2.41. The lowest BCUT2D eigenvalue weighted by molar-refractivity contribution is 0.0746. The highest BCUT2D eigenvalue weighted by molar-refractivity contribution is 5.94. The monoisotopic (exact) mass is 278 g/mol. The minimum absolute atomic E-state index is 0.0532. The molecule has 2 N–H and O–H groups in total. The van der Waals surface area contributed by atoms with E-state index in [0.717, 1.165) is 24.2 Å². The Morgan fingerprint density at radius 2 is 2.05 bits per heavy atom. The summed E-state index contributed by atoms with van der Waals surface area (Å²) in [6.07, 6.45) is 1.27. The zero-order chi connectivity index (χ0) is 15.0. The summed E-state index contributed by atoms with van der Waals surface area (Å²) in [6, 6.07) is 5.73. The fourth-order valence-corrected chi connectivity index (χ4v) is 1.82. The number of hydrogen-bond acceptors (Lipinski definition) is 3. The second kappa shape index (κ2) is 8.59. The van der Waals surface area contributed by atoms with Gasteiger partial charge in [-0.3, -0.25) is 4.79 Å². The van der Waals surface area contributed by atoms with Crippen molar-refractivity contribution >= 4 is 11.6 Å². The van der Waals surface area contributed by atoms with E-state index in [-0.39, 0.29) is 12.0 Å². The fourth-order valence-electron chi connectivity index (χ4n) is 1.82. The maximum atomic E-state index is 12.0. The lowest BCUT2D eigenvalue weighted by atomic mass is 10.1. The number of amides is 1. The van der Waals surface area contributed by atoms with Gasteiger partial charge in [-0.25, -0.2) is 0 Å². The number of nitrogens with one attached hydrogen (secondary N) is 2. The van der Waals surface area contributed by atoms with Crippen LogP contribution in [0.2, 0.25) is 0 Å². The molecule has 20 heavy (non-hydrogen) atoms. The highest BCUT2D eigenvalue weighted by atomic mass is 16.5. The highest BCUT2D eigenvalue weighted by Gasteiger charge is 2.07. The second-order valence-electron chi connectivity index (χ2n) is 5.13. The molecular weight excluding hydrogens is 252 g/mol. The van der Waals surface area contributed by atoms with Gasteiger partial charge >= 0.3 is 0 Å². The number of carbonyl (C=O) groups is 1. The molecule has 0 radical (unpaired) electrons. The van der Waals surface area contributed by atoms with Crippen LogP contribution in [-0.2, 0) is 4.74 Å². The minimum atomic E-state index is -0.0532. The van der Waals surface area contributed by atoms with E-state index in [0.29, 0.717) is 18.7 Å². The zero-order valence-corrected chi connectivity index (χ0v) is 13.0. The molecule has 0 aliphatic carbocycles. The summed E-state index contributed by atoms with van der Waals surface area (Å²) in [5, 5.41) is 6.20. The SMILES string of the molecule is CCCNc1ccc(C(=O)NCCOC(C)C)cc1C. The van der Waals surface area contributed by atoms with Crippen LogP contribution >= 0.6 is 0 Å². The van der Waals surface area contributed by atoms with Gasteiger partial charge in [-0.1, -0.05) is 6.92 Å². The first kappa shape index (κ1) is 16.5. The minimum Gasteiger partial charge on any atom is -0.385 e.